The maximum atomic E-state index is 12.8. The molecule has 10 heteroatoms. The Morgan fingerprint density at radius 3 is 2.43 bits per heavy atom. The predicted molar refractivity (Wildman–Crippen MR) is 77.7 cm³/mol. The van der Waals surface area contributed by atoms with E-state index in [0.717, 1.165) is 16.4 Å². The summed E-state index contributed by atoms with van der Waals surface area (Å²) in [5, 5.41) is 0. The second kappa shape index (κ2) is 6.41. The van der Waals surface area contributed by atoms with Gasteiger partial charge in [-0.05, 0) is 24.6 Å². The van der Waals surface area contributed by atoms with Crippen LogP contribution in [0.2, 0.25) is 0 Å². The van der Waals surface area contributed by atoms with E-state index in [2.05, 4.69) is 15.9 Å². The molecule has 2 N–H and O–H groups in total. The van der Waals surface area contributed by atoms with Crippen molar-refractivity contribution >= 4 is 38.4 Å². The van der Waals surface area contributed by atoms with E-state index in [4.69, 9.17) is 5.73 Å². The van der Waals surface area contributed by atoms with Crippen molar-refractivity contribution in [2.45, 2.75) is 23.5 Å². The van der Waals surface area contributed by atoms with Gasteiger partial charge in [-0.3, -0.25) is 0 Å². The summed E-state index contributed by atoms with van der Waals surface area (Å²) in [7, 11) is -3.94. The van der Waals surface area contributed by atoms with Gasteiger partial charge in [0.15, 0.2) is 0 Å². The van der Waals surface area contributed by atoms with Gasteiger partial charge in [0.05, 0.1) is 10.5 Å². The van der Waals surface area contributed by atoms with Crippen molar-refractivity contribution in [3.05, 3.63) is 28.2 Å². The molecule has 2 rings (SSSR count). The Morgan fingerprint density at radius 2 is 1.95 bits per heavy atom. The van der Waals surface area contributed by atoms with Crippen molar-refractivity contribution in [1.82, 2.24) is 4.31 Å². The SMILES string of the molecule is Cl.N[C@@H]1CCN(S(=O)(=O)c2ccc(Br)c(C(F)(F)F)c2)C1. The van der Waals surface area contributed by atoms with E-state index in [0.29, 0.717) is 12.5 Å². The van der Waals surface area contributed by atoms with Gasteiger partial charge in [-0.15, -0.1) is 12.4 Å². The summed E-state index contributed by atoms with van der Waals surface area (Å²) in [6.45, 7) is 0.348. The van der Waals surface area contributed by atoms with Crippen LogP contribution in [0.3, 0.4) is 0 Å². The summed E-state index contributed by atoms with van der Waals surface area (Å²) in [5.41, 5.74) is 4.62. The molecular weight excluding hydrogens is 397 g/mol. The summed E-state index contributed by atoms with van der Waals surface area (Å²) in [5.74, 6) is 0. The fraction of sp³-hybridized carbons (Fsp3) is 0.455. The molecule has 1 fully saturated rings. The molecule has 1 aromatic rings. The first-order valence-corrected chi connectivity index (χ1v) is 7.98. The average Bonchev–Trinajstić information content (AvgIpc) is 2.75. The van der Waals surface area contributed by atoms with Gasteiger partial charge in [-0.2, -0.15) is 17.5 Å². The molecule has 0 aliphatic carbocycles. The van der Waals surface area contributed by atoms with Crippen LogP contribution in [-0.2, 0) is 16.2 Å². The van der Waals surface area contributed by atoms with Crippen molar-refractivity contribution < 1.29 is 21.6 Å². The van der Waals surface area contributed by atoms with Crippen LogP contribution in [0.5, 0.6) is 0 Å². The van der Waals surface area contributed by atoms with Gasteiger partial charge >= 0.3 is 6.18 Å². The lowest BCUT2D eigenvalue weighted by Crippen LogP contribution is -2.32. The third-order valence-corrected chi connectivity index (χ3v) is 5.62. The fourth-order valence-corrected chi connectivity index (χ4v) is 4.01. The van der Waals surface area contributed by atoms with E-state index in [1.807, 2.05) is 0 Å². The van der Waals surface area contributed by atoms with E-state index in [9.17, 15) is 21.6 Å². The lowest BCUT2D eigenvalue weighted by atomic mass is 10.2. The van der Waals surface area contributed by atoms with E-state index in [-0.39, 0.29) is 40.9 Å². The molecule has 1 aromatic carbocycles. The smallest absolute Gasteiger partial charge is 0.326 e. The highest BCUT2D eigenvalue weighted by Crippen LogP contribution is 2.36. The second-order valence-electron chi connectivity index (χ2n) is 4.55. The molecule has 0 spiro atoms. The number of alkyl halides is 3. The van der Waals surface area contributed by atoms with Crippen LogP contribution in [0.25, 0.3) is 0 Å². The zero-order chi connectivity index (χ0) is 15.1. The maximum Gasteiger partial charge on any atom is 0.417 e. The first kappa shape index (κ1) is 18.7. The number of nitrogens with two attached hydrogens (primary N) is 1. The van der Waals surface area contributed by atoms with E-state index < -0.39 is 21.8 Å². The van der Waals surface area contributed by atoms with Crippen LogP contribution in [0, 0.1) is 0 Å². The molecule has 1 atom stereocenters. The quantitative estimate of drug-likeness (QED) is 0.817. The Balaban J connectivity index is 0.00000220. The summed E-state index contributed by atoms with van der Waals surface area (Å²) >= 11 is 2.78. The van der Waals surface area contributed by atoms with Crippen LogP contribution in [0.15, 0.2) is 27.6 Å². The van der Waals surface area contributed by atoms with Crippen molar-refractivity contribution in [2.24, 2.45) is 5.73 Å². The lowest BCUT2D eigenvalue weighted by molar-refractivity contribution is -0.138. The third kappa shape index (κ3) is 3.89. The normalized spacial score (nSPS) is 20.3. The first-order valence-electron chi connectivity index (χ1n) is 5.75. The van der Waals surface area contributed by atoms with E-state index in [1.165, 1.54) is 0 Å². The minimum absolute atomic E-state index is 0. The molecule has 0 amide bonds. The average molecular weight is 410 g/mol. The molecule has 1 aliphatic rings. The van der Waals surface area contributed by atoms with Gasteiger partial charge in [0.2, 0.25) is 10.0 Å². The van der Waals surface area contributed by atoms with Gasteiger partial charge in [-0.1, -0.05) is 15.9 Å². The van der Waals surface area contributed by atoms with Gasteiger partial charge in [-0.25, -0.2) is 8.42 Å². The molecule has 21 heavy (non-hydrogen) atoms. The van der Waals surface area contributed by atoms with E-state index >= 15 is 0 Å². The van der Waals surface area contributed by atoms with Crippen LogP contribution < -0.4 is 5.73 Å². The Hall–Kier alpha value is -0.350. The number of hydrogen-bond donors (Lipinski definition) is 1. The lowest BCUT2D eigenvalue weighted by Gasteiger charge is -2.17. The largest absolute Gasteiger partial charge is 0.417 e. The Labute approximate surface area is 135 Å². The van der Waals surface area contributed by atoms with E-state index in [1.54, 1.807) is 0 Å². The van der Waals surface area contributed by atoms with Crippen LogP contribution in [-0.4, -0.2) is 31.9 Å². The third-order valence-electron chi connectivity index (χ3n) is 3.07. The van der Waals surface area contributed by atoms with Gasteiger partial charge in [0.1, 0.15) is 0 Å². The highest BCUT2D eigenvalue weighted by Gasteiger charge is 2.36. The molecule has 1 heterocycles. The number of halogens is 5. The standard InChI is InChI=1S/C11H12BrF3N2O2S.ClH/c12-10-2-1-8(5-9(10)11(13,14)15)20(18,19)17-4-3-7(16)6-17;/h1-2,5,7H,3-4,6,16H2;1H/t7-;/m1./s1. The number of benzene rings is 1. The van der Waals surface area contributed by atoms with Crippen molar-refractivity contribution in [1.29, 1.82) is 0 Å². The van der Waals surface area contributed by atoms with Crippen LogP contribution in [0.1, 0.15) is 12.0 Å². The highest BCUT2D eigenvalue weighted by molar-refractivity contribution is 9.10. The van der Waals surface area contributed by atoms with Gasteiger partial charge in [0.25, 0.3) is 0 Å². The molecule has 0 bridgehead atoms. The molecule has 0 radical (unpaired) electrons. The Morgan fingerprint density at radius 1 is 1.33 bits per heavy atom. The predicted octanol–water partition coefficient (Wildman–Crippen LogP) is 2.61. The molecule has 0 unspecified atom stereocenters. The molecule has 1 aliphatic heterocycles. The number of nitrogens with zero attached hydrogens (tertiary/aromatic N) is 1. The summed E-state index contributed by atoms with van der Waals surface area (Å²) in [4.78, 5) is -0.373. The molecule has 4 nitrogen and oxygen atoms in total. The number of hydrogen-bond acceptors (Lipinski definition) is 3. The number of sulfonamides is 1. The molecule has 0 saturated carbocycles. The minimum atomic E-state index is -4.62. The fourth-order valence-electron chi connectivity index (χ4n) is 2.00. The molecule has 1 saturated heterocycles. The minimum Gasteiger partial charge on any atom is -0.326 e. The Bertz CT molecular complexity index is 624. The zero-order valence-electron chi connectivity index (χ0n) is 10.6. The second-order valence-corrected chi connectivity index (χ2v) is 7.34. The van der Waals surface area contributed by atoms with Crippen molar-refractivity contribution in [2.75, 3.05) is 13.1 Å². The molecule has 120 valence electrons. The van der Waals surface area contributed by atoms with Crippen molar-refractivity contribution in [3.8, 4) is 0 Å². The maximum absolute atomic E-state index is 12.8. The summed E-state index contributed by atoms with van der Waals surface area (Å²) in [6, 6.07) is 2.61. The summed E-state index contributed by atoms with van der Waals surface area (Å²) < 4.78 is 63.8. The highest BCUT2D eigenvalue weighted by atomic mass is 79.9. The van der Waals surface area contributed by atoms with Crippen LogP contribution in [0.4, 0.5) is 13.2 Å². The summed E-state index contributed by atoms with van der Waals surface area (Å²) in [6.07, 6.45) is -4.12. The Kier molecular flexibility index (Phi) is 5.71. The monoisotopic (exact) mass is 408 g/mol. The van der Waals surface area contributed by atoms with Gasteiger partial charge < -0.3 is 5.73 Å². The van der Waals surface area contributed by atoms with Crippen molar-refractivity contribution in [3.63, 3.8) is 0 Å². The van der Waals surface area contributed by atoms with Crippen LogP contribution >= 0.6 is 28.3 Å². The van der Waals surface area contributed by atoms with Gasteiger partial charge in [0, 0.05) is 23.6 Å². The number of rotatable bonds is 2. The zero-order valence-corrected chi connectivity index (χ0v) is 13.8. The molecule has 0 aromatic heterocycles. The molecular formula is C11H13BrClF3N2O2S. The topological polar surface area (TPSA) is 63.4 Å². The first-order chi connectivity index (χ1) is 9.12.